The Labute approximate surface area is 108 Å². The van der Waals surface area contributed by atoms with Crippen molar-refractivity contribution in [3.63, 3.8) is 0 Å². The summed E-state index contributed by atoms with van der Waals surface area (Å²) in [6.07, 6.45) is 0. The molecule has 1 N–H and O–H groups in total. The smallest absolute Gasteiger partial charge is 0.254 e. The second-order valence-electron chi connectivity index (χ2n) is 4.42. The van der Waals surface area contributed by atoms with E-state index in [-0.39, 0.29) is 11.6 Å². The number of hydrogen-bond donors (Lipinski definition) is 1. The van der Waals surface area contributed by atoms with Gasteiger partial charge in [0.15, 0.2) is 0 Å². The second kappa shape index (κ2) is 5.32. The number of hydrogen-bond acceptors (Lipinski definition) is 2. The molecular weight excluding hydrogens is 262 g/mol. The normalized spacial score (nSPS) is 10.9. The zero-order valence-electron chi connectivity index (χ0n) is 9.85. The quantitative estimate of drug-likeness (QED) is 0.860. The van der Waals surface area contributed by atoms with Gasteiger partial charge in [-0.2, -0.15) is 5.26 Å². The molecule has 0 fully saturated rings. The van der Waals surface area contributed by atoms with E-state index in [4.69, 9.17) is 16.9 Å². The van der Waals surface area contributed by atoms with Gasteiger partial charge in [0.1, 0.15) is 11.6 Å². The fourth-order valence-corrected chi connectivity index (χ4v) is 1.28. The molecule has 0 unspecified atom stereocenters. The zero-order valence-corrected chi connectivity index (χ0v) is 10.6. The minimum atomic E-state index is -0.909. The van der Waals surface area contributed by atoms with Gasteiger partial charge >= 0.3 is 0 Å². The molecule has 0 radical (unpaired) electrons. The van der Waals surface area contributed by atoms with Gasteiger partial charge < -0.3 is 5.32 Å². The highest BCUT2D eigenvalue weighted by atomic mass is 35.5. The number of nitrogens with zero attached hydrogens (tertiary/aromatic N) is 1. The summed E-state index contributed by atoms with van der Waals surface area (Å²) in [4.78, 5) is 11.6. The third-order valence-corrected chi connectivity index (χ3v) is 2.54. The van der Waals surface area contributed by atoms with Crippen LogP contribution in [0.15, 0.2) is 12.1 Å². The van der Waals surface area contributed by atoms with Crippen molar-refractivity contribution in [1.29, 1.82) is 5.26 Å². The summed E-state index contributed by atoms with van der Waals surface area (Å²) < 4.78 is 26.5. The minimum Gasteiger partial charge on any atom is -0.350 e. The van der Waals surface area contributed by atoms with E-state index in [2.05, 4.69) is 5.32 Å². The molecule has 0 saturated carbocycles. The molecule has 0 spiro atoms. The molecule has 0 aliphatic carbocycles. The van der Waals surface area contributed by atoms with Crippen molar-refractivity contribution in [2.45, 2.75) is 13.8 Å². The first-order valence-electron chi connectivity index (χ1n) is 5.11. The molecule has 3 nitrogen and oxygen atoms in total. The van der Waals surface area contributed by atoms with Crippen LogP contribution in [-0.4, -0.2) is 12.5 Å². The van der Waals surface area contributed by atoms with Crippen LogP contribution in [0.1, 0.15) is 24.2 Å². The van der Waals surface area contributed by atoms with Gasteiger partial charge in [0.25, 0.3) is 5.91 Å². The Hall–Kier alpha value is -1.67. The van der Waals surface area contributed by atoms with E-state index in [1.807, 2.05) is 6.07 Å². The van der Waals surface area contributed by atoms with E-state index in [1.54, 1.807) is 13.8 Å². The number of amides is 1. The zero-order chi connectivity index (χ0) is 13.9. The Morgan fingerprint density at radius 3 is 2.61 bits per heavy atom. The highest BCUT2D eigenvalue weighted by Gasteiger charge is 2.20. The monoisotopic (exact) mass is 272 g/mol. The fourth-order valence-electron chi connectivity index (χ4n) is 1.13. The second-order valence-corrected chi connectivity index (χ2v) is 4.83. The first kappa shape index (κ1) is 14.4. The molecule has 0 aliphatic rings. The molecule has 1 rings (SSSR count). The number of carbonyl (C=O) groups is 1. The van der Waals surface area contributed by atoms with Gasteiger partial charge in [-0.15, -0.1) is 0 Å². The first-order valence-corrected chi connectivity index (χ1v) is 5.48. The van der Waals surface area contributed by atoms with Crippen LogP contribution in [0.4, 0.5) is 8.78 Å². The molecule has 1 aromatic carbocycles. The lowest BCUT2D eigenvalue weighted by Gasteiger charge is -2.16. The number of benzene rings is 1. The van der Waals surface area contributed by atoms with E-state index in [0.717, 1.165) is 12.1 Å². The number of nitriles is 1. The van der Waals surface area contributed by atoms with Gasteiger partial charge in [0, 0.05) is 6.54 Å². The highest BCUT2D eigenvalue weighted by Crippen LogP contribution is 2.19. The molecular formula is C12H11ClF2N2O. The number of halogens is 3. The lowest BCUT2D eigenvalue weighted by molar-refractivity contribution is 0.0939. The van der Waals surface area contributed by atoms with Crippen LogP contribution in [0.25, 0.3) is 0 Å². The molecule has 96 valence electrons. The van der Waals surface area contributed by atoms with Gasteiger partial charge in [0.05, 0.1) is 22.1 Å². The van der Waals surface area contributed by atoms with Crippen molar-refractivity contribution in [1.82, 2.24) is 5.32 Å². The van der Waals surface area contributed by atoms with Crippen molar-refractivity contribution in [2.75, 3.05) is 6.54 Å². The predicted octanol–water partition coefficient (Wildman–Crippen LogP) is 2.90. The van der Waals surface area contributed by atoms with Gasteiger partial charge in [-0.3, -0.25) is 4.79 Å². The van der Waals surface area contributed by atoms with E-state index < -0.39 is 28.5 Å². The molecule has 1 aromatic rings. The first-order chi connectivity index (χ1) is 8.26. The lowest BCUT2D eigenvalue weighted by atomic mass is 9.96. The number of rotatable bonds is 3. The summed E-state index contributed by atoms with van der Waals surface area (Å²) in [5.41, 5.74) is -1.22. The van der Waals surface area contributed by atoms with Crippen LogP contribution in [-0.2, 0) is 0 Å². The molecule has 0 bridgehead atoms. The summed E-state index contributed by atoms with van der Waals surface area (Å²) in [5, 5.41) is 10.7. The van der Waals surface area contributed by atoms with E-state index in [9.17, 15) is 13.6 Å². The summed E-state index contributed by atoms with van der Waals surface area (Å²) in [6, 6.07) is 3.45. The van der Waals surface area contributed by atoms with E-state index >= 15 is 0 Å². The number of nitrogens with one attached hydrogen (secondary N) is 1. The Morgan fingerprint density at radius 2 is 2.06 bits per heavy atom. The fraction of sp³-hybridized carbons (Fsp3) is 0.333. The maximum Gasteiger partial charge on any atom is 0.254 e. The minimum absolute atomic E-state index is 0.0337. The molecule has 0 saturated heterocycles. The Kier molecular flexibility index (Phi) is 4.25. The van der Waals surface area contributed by atoms with Gasteiger partial charge in [-0.1, -0.05) is 11.6 Å². The lowest BCUT2D eigenvalue weighted by Crippen LogP contribution is -2.33. The Morgan fingerprint density at radius 1 is 1.44 bits per heavy atom. The Balaban J connectivity index is 2.87. The van der Waals surface area contributed by atoms with Crippen LogP contribution in [0.5, 0.6) is 0 Å². The van der Waals surface area contributed by atoms with Crippen LogP contribution >= 0.6 is 11.6 Å². The third kappa shape index (κ3) is 3.41. The summed E-state index contributed by atoms with van der Waals surface area (Å²) >= 11 is 5.37. The van der Waals surface area contributed by atoms with E-state index in [1.165, 1.54) is 0 Å². The average molecular weight is 273 g/mol. The predicted molar refractivity (Wildman–Crippen MR) is 63.1 cm³/mol. The van der Waals surface area contributed by atoms with Gasteiger partial charge in [-0.05, 0) is 26.0 Å². The topological polar surface area (TPSA) is 52.9 Å². The van der Waals surface area contributed by atoms with Crippen molar-refractivity contribution < 1.29 is 13.6 Å². The number of carbonyl (C=O) groups excluding carboxylic acids is 1. The van der Waals surface area contributed by atoms with Crippen LogP contribution < -0.4 is 5.32 Å². The SMILES string of the molecule is CC(C)(C#N)CNC(=O)c1cc(F)c(Cl)cc1F. The molecule has 6 heteroatoms. The Bertz CT molecular complexity index is 524. The molecule has 0 heterocycles. The molecule has 0 atom stereocenters. The molecule has 0 aromatic heterocycles. The standard InChI is InChI=1S/C12H11ClF2N2O/c1-12(2,5-16)6-17-11(18)7-3-10(15)8(13)4-9(7)14/h3-4H,6H2,1-2H3,(H,17,18). The van der Waals surface area contributed by atoms with Gasteiger partial charge in [-0.25, -0.2) is 8.78 Å². The molecule has 0 aliphatic heterocycles. The average Bonchev–Trinajstić information content (AvgIpc) is 2.31. The van der Waals surface area contributed by atoms with Crippen molar-refractivity contribution >= 4 is 17.5 Å². The van der Waals surface area contributed by atoms with E-state index in [0.29, 0.717) is 0 Å². The van der Waals surface area contributed by atoms with Crippen molar-refractivity contribution in [3.8, 4) is 6.07 Å². The van der Waals surface area contributed by atoms with Crippen molar-refractivity contribution in [2.24, 2.45) is 5.41 Å². The third-order valence-electron chi connectivity index (χ3n) is 2.25. The summed E-state index contributed by atoms with van der Waals surface area (Å²) in [7, 11) is 0. The van der Waals surface area contributed by atoms with Gasteiger partial charge in [0.2, 0.25) is 0 Å². The van der Waals surface area contributed by atoms with Crippen LogP contribution in [0, 0.1) is 28.4 Å². The summed E-state index contributed by atoms with van der Waals surface area (Å²) in [5.74, 6) is -2.57. The highest BCUT2D eigenvalue weighted by molar-refractivity contribution is 6.30. The largest absolute Gasteiger partial charge is 0.350 e. The maximum atomic E-state index is 13.4. The van der Waals surface area contributed by atoms with Crippen molar-refractivity contribution in [3.05, 3.63) is 34.4 Å². The molecule has 1 amide bonds. The van der Waals surface area contributed by atoms with Crippen LogP contribution in [0.3, 0.4) is 0 Å². The molecule has 18 heavy (non-hydrogen) atoms. The van der Waals surface area contributed by atoms with Crippen LogP contribution in [0.2, 0.25) is 5.02 Å². The maximum absolute atomic E-state index is 13.4. The summed E-state index contributed by atoms with van der Waals surface area (Å²) in [6.45, 7) is 3.27.